The monoisotopic (exact) mass is 424 g/mol. The van der Waals surface area contributed by atoms with E-state index in [1.54, 1.807) is 0 Å². The Balaban J connectivity index is 1.77. The normalized spacial score (nSPS) is 44.8. The van der Waals surface area contributed by atoms with E-state index in [-0.39, 0.29) is 18.0 Å². The third kappa shape index (κ3) is 1.72. The number of hydrogen-bond donors (Lipinski definition) is 0. The summed E-state index contributed by atoms with van der Waals surface area (Å²) >= 11 is 0. The van der Waals surface area contributed by atoms with Gasteiger partial charge in [0.1, 0.15) is 17.2 Å². The van der Waals surface area contributed by atoms with E-state index >= 15 is 0 Å². The third-order valence-corrected chi connectivity index (χ3v) is 8.91. The largest absolute Gasteiger partial charge is 0.468 e. The number of carbonyl (C=O) groups is 2. The van der Waals surface area contributed by atoms with Crippen LogP contribution in [-0.4, -0.2) is 62.1 Å². The van der Waals surface area contributed by atoms with Crippen LogP contribution in [0.4, 0.5) is 5.69 Å². The molecule has 0 N–H and O–H groups in total. The van der Waals surface area contributed by atoms with Gasteiger partial charge in [-0.1, -0.05) is 29.8 Å². The van der Waals surface area contributed by atoms with Crippen LogP contribution in [0.5, 0.6) is 0 Å². The van der Waals surface area contributed by atoms with Gasteiger partial charge >= 0.3 is 11.9 Å². The Labute approximate surface area is 181 Å². The predicted octanol–water partition coefficient (Wildman–Crippen LogP) is 2.20. The maximum absolute atomic E-state index is 14.0. The Morgan fingerprint density at radius 1 is 1.29 bits per heavy atom. The summed E-state index contributed by atoms with van der Waals surface area (Å²) in [4.78, 5) is 31.1. The Bertz CT molecular complexity index is 1040. The van der Waals surface area contributed by atoms with Gasteiger partial charge in [0, 0.05) is 38.7 Å². The van der Waals surface area contributed by atoms with E-state index in [2.05, 4.69) is 35.1 Å². The lowest BCUT2D eigenvalue weighted by Crippen LogP contribution is -2.83. The van der Waals surface area contributed by atoms with Gasteiger partial charge in [-0.2, -0.15) is 0 Å². The molecule has 1 saturated carbocycles. The van der Waals surface area contributed by atoms with Crippen molar-refractivity contribution in [2.24, 2.45) is 11.3 Å². The van der Waals surface area contributed by atoms with Crippen molar-refractivity contribution in [2.45, 2.75) is 50.2 Å². The highest BCUT2D eigenvalue weighted by Gasteiger charge is 2.90. The molecule has 6 fully saturated rings. The van der Waals surface area contributed by atoms with Gasteiger partial charge in [-0.05, 0) is 31.4 Å². The zero-order valence-corrected chi connectivity index (χ0v) is 18.4. The minimum Gasteiger partial charge on any atom is -0.468 e. The first-order valence-electron chi connectivity index (χ1n) is 11.1. The summed E-state index contributed by atoms with van der Waals surface area (Å²) in [5.74, 6) is -0.914. The summed E-state index contributed by atoms with van der Waals surface area (Å²) in [7, 11) is 3.55. The molecule has 8 rings (SSSR count). The molecule has 164 valence electrons. The highest BCUT2D eigenvalue weighted by molar-refractivity contribution is 5.87. The topological polar surface area (TPSA) is 68.3 Å². The summed E-state index contributed by atoms with van der Waals surface area (Å²) in [6, 6.07) is 8.35. The number of hydrogen-bond acceptors (Lipinski definition) is 7. The van der Waals surface area contributed by atoms with Gasteiger partial charge in [-0.3, -0.25) is 14.5 Å². The van der Waals surface area contributed by atoms with E-state index in [4.69, 9.17) is 14.2 Å². The highest BCUT2D eigenvalue weighted by Crippen LogP contribution is 2.78. The van der Waals surface area contributed by atoms with Crippen molar-refractivity contribution in [3.05, 3.63) is 41.5 Å². The quantitative estimate of drug-likeness (QED) is 0.533. The molecule has 1 unspecified atom stereocenters. The molecular weight excluding hydrogens is 396 g/mol. The number of nitrogens with zero attached hydrogens (tertiary/aromatic N) is 2. The van der Waals surface area contributed by atoms with Crippen molar-refractivity contribution < 1.29 is 23.8 Å². The highest BCUT2D eigenvalue weighted by atomic mass is 16.7. The number of rotatable bonds is 2. The zero-order chi connectivity index (χ0) is 21.8. The van der Waals surface area contributed by atoms with Crippen LogP contribution in [0, 0.1) is 11.3 Å². The molecular formula is C24H28N2O5. The fourth-order valence-corrected chi connectivity index (χ4v) is 8.25. The van der Waals surface area contributed by atoms with Crippen LogP contribution in [0.25, 0.3) is 0 Å². The molecule has 1 spiro atoms. The average Bonchev–Trinajstić information content (AvgIpc) is 3.17. The van der Waals surface area contributed by atoms with Gasteiger partial charge < -0.3 is 19.1 Å². The number of anilines is 1. The first kappa shape index (κ1) is 19.3. The molecule has 7 heteroatoms. The van der Waals surface area contributed by atoms with Gasteiger partial charge in [0.15, 0.2) is 0 Å². The average molecular weight is 424 g/mol. The SMILES string of the molecule is C/C=C1/CN2CC[C@@]34c5ccccc5N(C)[C@@]23[C@H]2C[C@@H]1[C@]4(C(=O)OC)[C@@H](OC(C)=O)O2. The molecule has 1 aliphatic carbocycles. The van der Waals surface area contributed by atoms with Crippen molar-refractivity contribution in [1.82, 2.24) is 4.90 Å². The van der Waals surface area contributed by atoms with Crippen LogP contribution < -0.4 is 4.90 Å². The van der Waals surface area contributed by atoms with E-state index in [1.807, 2.05) is 19.1 Å². The molecule has 6 bridgehead atoms. The number of fused-ring (bicyclic) bond motifs is 3. The van der Waals surface area contributed by atoms with E-state index < -0.39 is 28.8 Å². The molecule has 0 radical (unpaired) electrons. The molecule has 6 heterocycles. The third-order valence-electron chi connectivity index (χ3n) is 8.91. The molecule has 5 saturated heterocycles. The number of esters is 2. The fraction of sp³-hybridized carbons (Fsp3) is 0.583. The second-order valence-electron chi connectivity index (χ2n) is 9.46. The van der Waals surface area contributed by atoms with E-state index in [0.717, 1.165) is 30.8 Å². The number of likely N-dealkylation sites (N-methyl/N-ethyl adjacent to an activating group) is 1. The lowest BCUT2D eigenvalue weighted by atomic mass is 9.43. The molecule has 31 heavy (non-hydrogen) atoms. The molecule has 0 amide bonds. The van der Waals surface area contributed by atoms with Crippen LogP contribution in [0.3, 0.4) is 0 Å². The number of carbonyl (C=O) groups excluding carboxylic acids is 2. The number of ether oxygens (including phenoxy) is 3. The van der Waals surface area contributed by atoms with E-state index in [9.17, 15) is 9.59 Å². The number of benzene rings is 1. The molecule has 7 nitrogen and oxygen atoms in total. The van der Waals surface area contributed by atoms with Crippen LogP contribution in [0.2, 0.25) is 0 Å². The summed E-state index contributed by atoms with van der Waals surface area (Å²) < 4.78 is 17.9. The minimum atomic E-state index is -1.16. The van der Waals surface area contributed by atoms with Gasteiger partial charge in [0.05, 0.1) is 12.5 Å². The van der Waals surface area contributed by atoms with Crippen molar-refractivity contribution in [2.75, 3.05) is 32.1 Å². The minimum absolute atomic E-state index is 0.119. The fourth-order valence-electron chi connectivity index (χ4n) is 8.25. The van der Waals surface area contributed by atoms with Crippen molar-refractivity contribution >= 4 is 17.6 Å². The van der Waals surface area contributed by atoms with Crippen LogP contribution in [0.1, 0.15) is 32.3 Å². The van der Waals surface area contributed by atoms with Crippen molar-refractivity contribution in [1.29, 1.82) is 0 Å². The Kier molecular flexibility index (Phi) is 3.67. The van der Waals surface area contributed by atoms with E-state index in [1.165, 1.54) is 19.6 Å². The zero-order valence-electron chi connectivity index (χ0n) is 18.4. The van der Waals surface area contributed by atoms with Gasteiger partial charge in [0.2, 0.25) is 6.29 Å². The Morgan fingerprint density at radius 2 is 2.06 bits per heavy atom. The molecule has 7 aliphatic rings. The molecule has 0 aromatic heterocycles. The van der Waals surface area contributed by atoms with Crippen LogP contribution in [-0.2, 0) is 29.2 Å². The van der Waals surface area contributed by atoms with Gasteiger partial charge in [-0.15, -0.1) is 0 Å². The molecule has 1 aromatic rings. The maximum Gasteiger partial charge on any atom is 0.319 e. The Hall–Kier alpha value is -2.38. The number of para-hydroxylation sites is 1. The van der Waals surface area contributed by atoms with Crippen LogP contribution in [0.15, 0.2) is 35.9 Å². The lowest BCUT2D eigenvalue weighted by molar-refractivity contribution is -0.334. The summed E-state index contributed by atoms with van der Waals surface area (Å²) in [6.07, 6.45) is 2.43. The molecule has 7 atom stereocenters. The second kappa shape index (κ2) is 5.90. The Morgan fingerprint density at radius 3 is 2.77 bits per heavy atom. The van der Waals surface area contributed by atoms with Crippen molar-refractivity contribution in [3.63, 3.8) is 0 Å². The predicted molar refractivity (Wildman–Crippen MR) is 112 cm³/mol. The summed E-state index contributed by atoms with van der Waals surface area (Å²) in [5.41, 5.74) is 1.17. The number of methoxy groups -OCH3 is 1. The standard InChI is InChI=1S/C24H28N2O5/c1-5-15-13-26-11-10-22-16-8-6-7-9-18(16)25(3)24(22,26)19-12-17(15)23(22,20(28)29-4)21(31-19)30-14(2)27/h5-9,17,19,21H,10-13H2,1-4H3/b15-5-/t17-,19+,21-,22-,23-,24-/m0/s1. The molecule has 6 aliphatic heterocycles. The lowest BCUT2D eigenvalue weighted by Gasteiger charge is -2.67. The van der Waals surface area contributed by atoms with Gasteiger partial charge in [0.25, 0.3) is 0 Å². The maximum atomic E-state index is 14.0. The van der Waals surface area contributed by atoms with Crippen LogP contribution >= 0.6 is 0 Å². The van der Waals surface area contributed by atoms with Gasteiger partial charge in [-0.25, -0.2) is 0 Å². The second-order valence-corrected chi connectivity index (χ2v) is 9.46. The first-order chi connectivity index (χ1) is 14.9. The summed E-state index contributed by atoms with van der Waals surface area (Å²) in [6.45, 7) is 5.02. The summed E-state index contributed by atoms with van der Waals surface area (Å²) in [5, 5.41) is 0. The smallest absolute Gasteiger partial charge is 0.319 e. The first-order valence-corrected chi connectivity index (χ1v) is 11.1. The van der Waals surface area contributed by atoms with Crippen molar-refractivity contribution in [3.8, 4) is 0 Å². The molecule has 1 aromatic carbocycles. The number of allylic oxidation sites excluding steroid dienone is 1. The van der Waals surface area contributed by atoms with E-state index in [0.29, 0.717) is 6.42 Å².